The Balaban J connectivity index is 2.32. The van der Waals surface area contributed by atoms with Crippen molar-refractivity contribution in [3.8, 4) is 0 Å². The van der Waals surface area contributed by atoms with Gasteiger partial charge in [-0.3, -0.25) is 4.79 Å². The fourth-order valence-corrected chi connectivity index (χ4v) is 4.64. The molecule has 0 aromatic heterocycles. The van der Waals surface area contributed by atoms with Crippen LogP contribution < -0.4 is 0 Å². The van der Waals surface area contributed by atoms with Crippen LogP contribution >= 0.6 is 11.6 Å². The van der Waals surface area contributed by atoms with Crippen molar-refractivity contribution in [1.29, 1.82) is 0 Å². The van der Waals surface area contributed by atoms with Gasteiger partial charge in [0.05, 0.1) is 5.02 Å². The topological polar surface area (TPSA) is 57.7 Å². The SMILES string of the molecule is CCN(CC)S(=O)(=O)c1cc(C(=O)N(C)Cc2ccccc2)ccc1Cl. The van der Waals surface area contributed by atoms with Crippen LogP contribution in [0.5, 0.6) is 0 Å². The van der Waals surface area contributed by atoms with E-state index in [4.69, 9.17) is 11.6 Å². The number of benzene rings is 2. The number of halogens is 1. The van der Waals surface area contributed by atoms with Gasteiger partial charge in [0.25, 0.3) is 5.91 Å². The number of hydrogen-bond acceptors (Lipinski definition) is 3. The average Bonchev–Trinajstić information content (AvgIpc) is 2.63. The highest BCUT2D eigenvalue weighted by atomic mass is 35.5. The smallest absolute Gasteiger partial charge is 0.253 e. The Hall–Kier alpha value is -1.89. The Bertz CT molecular complexity index is 866. The summed E-state index contributed by atoms with van der Waals surface area (Å²) in [5.41, 5.74) is 1.28. The highest BCUT2D eigenvalue weighted by molar-refractivity contribution is 7.89. The lowest BCUT2D eigenvalue weighted by Crippen LogP contribution is -2.31. The van der Waals surface area contributed by atoms with Crippen LogP contribution in [0.25, 0.3) is 0 Å². The van der Waals surface area contributed by atoms with Gasteiger partial charge in [-0.05, 0) is 23.8 Å². The summed E-state index contributed by atoms with van der Waals surface area (Å²) in [5.74, 6) is -0.262. The van der Waals surface area contributed by atoms with Gasteiger partial charge in [-0.15, -0.1) is 0 Å². The van der Waals surface area contributed by atoms with Gasteiger partial charge in [-0.2, -0.15) is 4.31 Å². The third kappa shape index (κ3) is 4.44. The predicted octanol–water partition coefficient (Wildman–Crippen LogP) is 3.64. The number of rotatable bonds is 7. The molecule has 0 saturated heterocycles. The molecule has 7 heteroatoms. The van der Waals surface area contributed by atoms with E-state index in [-0.39, 0.29) is 15.8 Å². The van der Waals surface area contributed by atoms with Gasteiger partial charge in [0, 0.05) is 32.2 Å². The first-order valence-electron chi connectivity index (χ1n) is 8.40. The van der Waals surface area contributed by atoms with Crippen LogP contribution in [0.4, 0.5) is 0 Å². The molecule has 0 fully saturated rings. The maximum absolute atomic E-state index is 12.8. The summed E-state index contributed by atoms with van der Waals surface area (Å²) < 4.78 is 26.9. The molecular weight excluding hydrogens is 372 g/mol. The molecule has 2 aromatic rings. The molecule has 1 amide bonds. The fourth-order valence-electron chi connectivity index (χ4n) is 2.69. The minimum absolute atomic E-state index is 0.0400. The summed E-state index contributed by atoms with van der Waals surface area (Å²) in [5, 5.41) is 0.110. The second-order valence-corrected chi connectivity index (χ2v) is 8.19. The second kappa shape index (κ2) is 8.66. The van der Waals surface area contributed by atoms with E-state index in [2.05, 4.69) is 0 Å². The van der Waals surface area contributed by atoms with E-state index in [1.54, 1.807) is 31.9 Å². The lowest BCUT2D eigenvalue weighted by atomic mass is 10.1. The van der Waals surface area contributed by atoms with Crippen molar-refractivity contribution in [3.05, 3.63) is 64.7 Å². The lowest BCUT2D eigenvalue weighted by Gasteiger charge is -2.21. The number of sulfonamides is 1. The maximum Gasteiger partial charge on any atom is 0.253 e. The van der Waals surface area contributed by atoms with Crippen molar-refractivity contribution in [3.63, 3.8) is 0 Å². The van der Waals surface area contributed by atoms with Crippen molar-refractivity contribution >= 4 is 27.5 Å². The summed E-state index contributed by atoms with van der Waals surface area (Å²) in [4.78, 5) is 14.2. The lowest BCUT2D eigenvalue weighted by molar-refractivity contribution is 0.0785. The minimum Gasteiger partial charge on any atom is -0.337 e. The van der Waals surface area contributed by atoms with E-state index < -0.39 is 10.0 Å². The quantitative estimate of drug-likeness (QED) is 0.720. The molecule has 2 rings (SSSR count). The van der Waals surface area contributed by atoms with Crippen LogP contribution in [-0.2, 0) is 16.6 Å². The van der Waals surface area contributed by atoms with E-state index in [9.17, 15) is 13.2 Å². The predicted molar refractivity (Wildman–Crippen MR) is 104 cm³/mol. The van der Waals surface area contributed by atoms with Crippen molar-refractivity contribution in [2.45, 2.75) is 25.3 Å². The molecule has 2 aromatic carbocycles. The number of carbonyl (C=O) groups excluding carboxylic acids is 1. The second-order valence-electron chi connectivity index (χ2n) is 5.88. The van der Waals surface area contributed by atoms with E-state index >= 15 is 0 Å². The zero-order chi connectivity index (χ0) is 19.3. The van der Waals surface area contributed by atoms with Gasteiger partial charge in [0.1, 0.15) is 4.90 Å². The van der Waals surface area contributed by atoms with Gasteiger partial charge in [0.15, 0.2) is 0 Å². The van der Waals surface area contributed by atoms with Crippen LogP contribution in [-0.4, -0.2) is 43.7 Å². The standard InChI is InChI=1S/C19H23ClN2O3S/c1-4-22(5-2)26(24,25)18-13-16(11-12-17(18)20)19(23)21(3)14-15-9-7-6-8-10-15/h6-13H,4-5,14H2,1-3H3. The molecule has 0 spiro atoms. The molecule has 0 N–H and O–H groups in total. The molecule has 0 saturated carbocycles. The largest absolute Gasteiger partial charge is 0.337 e. The molecule has 0 aliphatic carbocycles. The van der Waals surface area contributed by atoms with Crippen LogP contribution in [0.1, 0.15) is 29.8 Å². The molecule has 140 valence electrons. The highest BCUT2D eigenvalue weighted by Crippen LogP contribution is 2.26. The summed E-state index contributed by atoms with van der Waals surface area (Å²) >= 11 is 6.12. The average molecular weight is 395 g/mol. The minimum atomic E-state index is -3.74. The molecule has 0 radical (unpaired) electrons. The Labute approximate surface area is 160 Å². The normalized spacial score (nSPS) is 11.6. The molecule has 0 aliphatic heterocycles. The van der Waals surface area contributed by atoms with Crippen molar-refractivity contribution in [2.24, 2.45) is 0 Å². The van der Waals surface area contributed by atoms with Crippen LogP contribution in [0.2, 0.25) is 5.02 Å². The first kappa shape index (κ1) is 20.4. The van der Waals surface area contributed by atoms with Gasteiger partial charge in [-0.25, -0.2) is 8.42 Å². The van der Waals surface area contributed by atoms with E-state index in [0.29, 0.717) is 25.2 Å². The molecule has 5 nitrogen and oxygen atoms in total. The van der Waals surface area contributed by atoms with Gasteiger partial charge >= 0.3 is 0 Å². The number of carbonyl (C=O) groups is 1. The number of nitrogens with zero attached hydrogens (tertiary/aromatic N) is 2. The fraction of sp³-hybridized carbons (Fsp3) is 0.316. The zero-order valence-corrected chi connectivity index (χ0v) is 16.7. The highest BCUT2D eigenvalue weighted by Gasteiger charge is 2.26. The van der Waals surface area contributed by atoms with Crippen molar-refractivity contribution in [2.75, 3.05) is 20.1 Å². The van der Waals surface area contributed by atoms with Crippen molar-refractivity contribution < 1.29 is 13.2 Å². The van der Waals surface area contributed by atoms with E-state index in [0.717, 1.165) is 5.56 Å². The van der Waals surface area contributed by atoms with Gasteiger partial charge in [0.2, 0.25) is 10.0 Å². The first-order chi connectivity index (χ1) is 12.3. The Morgan fingerprint density at radius 3 is 2.23 bits per heavy atom. The molecule has 0 unspecified atom stereocenters. The van der Waals surface area contributed by atoms with Crippen LogP contribution in [0.3, 0.4) is 0 Å². The Morgan fingerprint density at radius 1 is 1.04 bits per heavy atom. The molecular formula is C19H23ClN2O3S. The van der Waals surface area contributed by atoms with Crippen LogP contribution in [0.15, 0.2) is 53.4 Å². The summed E-state index contributed by atoms with van der Waals surface area (Å²) in [7, 11) is -2.06. The van der Waals surface area contributed by atoms with Gasteiger partial charge < -0.3 is 4.90 Å². The summed E-state index contributed by atoms with van der Waals surface area (Å²) in [6.07, 6.45) is 0. The Morgan fingerprint density at radius 2 is 1.65 bits per heavy atom. The van der Waals surface area contributed by atoms with Gasteiger partial charge in [-0.1, -0.05) is 55.8 Å². The molecule has 0 aliphatic rings. The van der Waals surface area contributed by atoms with E-state index in [1.807, 2.05) is 30.3 Å². The molecule has 26 heavy (non-hydrogen) atoms. The maximum atomic E-state index is 12.8. The summed E-state index contributed by atoms with van der Waals surface area (Å²) in [6, 6.07) is 14.0. The summed E-state index contributed by atoms with van der Waals surface area (Å²) in [6.45, 7) is 4.62. The molecule has 0 atom stereocenters. The zero-order valence-electron chi connectivity index (χ0n) is 15.1. The monoisotopic (exact) mass is 394 g/mol. The Kier molecular flexibility index (Phi) is 6.81. The van der Waals surface area contributed by atoms with E-state index in [1.165, 1.54) is 16.4 Å². The molecule has 0 heterocycles. The van der Waals surface area contributed by atoms with Crippen LogP contribution in [0, 0.1) is 0 Å². The number of hydrogen-bond donors (Lipinski definition) is 0. The third-order valence-electron chi connectivity index (χ3n) is 4.11. The molecule has 0 bridgehead atoms. The first-order valence-corrected chi connectivity index (χ1v) is 10.2. The van der Waals surface area contributed by atoms with Crippen molar-refractivity contribution in [1.82, 2.24) is 9.21 Å². The number of amides is 1. The third-order valence-corrected chi connectivity index (χ3v) is 6.64.